The number of urea groups is 1. The highest BCUT2D eigenvalue weighted by molar-refractivity contribution is 5.73. The number of nitrogens with one attached hydrogen (secondary N) is 1. The number of carbonyl (C=O) groups excluding carboxylic acids is 1. The van der Waals surface area contributed by atoms with Crippen molar-refractivity contribution in [3.05, 3.63) is 35.9 Å². The maximum absolute atomic E-state index is 12.0. The van der Waals surface area contributed by atoms with E-state index in [1.54, 1.807) is 7.05 Å². The third-order valence-electron chi connectivity index (χ3n) is 3.28. The van der Waals surface area contributed by atoms with Gasteiger partial charge in [0.2, 0.25) is 0 Å². The van der Waals surface area contributed by atoms with Crippen molar-refractivity contribution >= 4 is 6.03 Å². The lowest BCUT2D eigenvalue weighted by atomic mass is 10.1. The van der Waals surface area contributed by atoms with Gasteiger partial charge >= 0.3 is 6.03 Å². The predicted octanol–water partition coefficient (Wildman–Crippen LogP) is 3.73. The summed E-state index contributed by atoms with van der Waals surface area (Å²) >= 11 is 0. The number of amides is 2. The maximum atomic E-state index is 12.0. The number of unbranched alkanes of at least 4 members (excludes halogenated alkanes) is 1. The molecule has 4 heteroatoms. The van der Waals surface area contributed by atoms with Crippen molar-refractivity contribution in [3.8, 4) is 0 Å². The quantitative estimate of drug-likeness (QED) is 0.736. The van der Waals surface area contributed by atoms with Gasteiger partial charge in [-0.3, -0.25) is 4.84 Å². The Bertz CT molecular complexity index is 381. The minimum Gasteiger partial charge on any atom is -0.333 e. The van der Waals surface area contributed by atoms with Crippen LogP contribution < -0.4 is 5.32 Å². The summed E-state index contributed by atoms with van der Waals surface area (Å²) in [6, 6.07) is 9.87. The van der Waals surface area contributed by atoms with Crippen LogP contribution in [0.25, 0.3) is 0 Å². The summed E-state index contributed by atoms with van der Waals surface area (Å²) in [7, 11) is 1.64. The molecule has 0 saturated carbocycles. The molecule has 1 aromatic rings. The van der Waals surface area contributed by atoms with Gasteiger partial charge in [0.05, 0.1) is 0 Å². The van der Waals surface area contributed by atoms with Gasteiger partial charge in [-0.2, -0.15) is 0 Å². The number of hydrogen-bond acceptors (Lipinski definition) is 2. The summed E-state index contributed by atoms with van der Waals surface area (Å²) < 4.78 is 0. The first-order valence-corrected chi connectivity index (χ1v) is 7.38. The minimum absolute atomic E-state index is 0.177. The fraction of sp³-hybridized carbons (Fsp3) is 0.562. The summed E-state index contributed by atoms with van der Waals surface area (Å²) in [5.41, 5.74) is 1.05. The molecule has 1 unspecified atom stereocenters. The topological polar surface area (TPSA) is 41.6 Å². The zero-order valence-corrected chi connectivity index (χ0v) is 12.8. The van der Waals surface area contributed by atoms with E-state index >= 15 is 0 Å². The van der Waals surface area contributed by atoms with E-state index in [1.807, 2.05) is 30.3 Å². The van der Waals surface area contributed by atoms with Crippen molar-refractivity contribution in [2.45, 2.75) is 52.2 Å². The molecule has 0 saturated heterocycles. The first kappa shape index (κ1) is 16.5. The Morgan fingerprint density at radius 2 is 2.00 bits per heavy atom. The third-order valence-corrected chi connectivity index (χ3v) is 3.28. The standard InChI is InChI=1S/C16H26N2O2/c1-4-6-12-15(5-2)17-16(19)18(3)20-13-14-10-8-7-9-11-14/h7-11,15H,4-6,12-13H2,1-3H3,(H,17,19). The van der Waals surface area contributed by atoms with Crippen LogP contribution in [0.3, 0.4) is 0 Å². The van der Waals surface area contributed by atoms with Crippen molar-refractivity contribution in [2.75, 3.05) is 7.05 Å². The second-order valence-electron chi connectivity index (χ2n) is 4.95. The van der Waals surface area contributed by atoms with E-state index in [9.17, 15) is 4.79 Å². The highest BCUT2D eigenvalue weighted by Crippen LogP contribution is 2.06. The van der Waals surface area contributed by atoms with E-state index < -0.39 is 0 Å². The second-order valence-corrected chi connectivity index (χ2v) is 4.95. The normalized spacial score (nSPS) is 11.9. The molecule has 112 valence electrons. The van der Waals surface area contributed by atoms with Crippen LogP contribution in [0.5, 0.6) is 0 Å². The lowest BCUT2D eigenvalue weighted by molar-refractivity contribution is -0.110. The number of nitrogens with zero attached hydrogens (tertiary/aromatic N) is 1. The molecule has 1 rings (SSSR count). The Balaban J connectivity index is 2.34. The molecule has 1 atom stereocenters. The molecule has 0 aromatic heterocycles. The molecule has 20 heavy (non-hydrogen) atoms. The molecule has 0 aliphatic heterocycles. The Morgan fingerprint density at radius 3 is 2.60 bits per heavy atom. The summed E-state index contributed by atoms with van der Waals surface area (Å²) in [6.07, 6.45) is 4.24. The molecule has 0 aliphatic rings. The molecular formula is C16H26N2O2. The number of hydrogen-bond donors (Lipinski definition) is 1. The van der Waals surface area contributed by atoms with Gasteiger partial charge in [-0.15, -0.1) is 0 Å². The van der Waals surface area contributed by atoms with Crippen molar-refractivity contribution in [1.29, 1.82) is 0 Å². The third kappa shape index (κ3) is 6.06. The monoisotopic (exact) mass is 278 g/mol. The lowest BCUT2D eigenvalue weighted by Crippen LogP contribution is -2.42. The number of rotatable bonds is 8. The molecule has 0 fully saturated rings. The molecule has 2 amide bonds. The Morgan fingerprint density at radius 1 is 1.30 bits per heavy atom. The van der Waals surface area contributed by atoms with Crippen LogP contribution in [0.1, 0.15) is 45.1 Å². The van der Waals surface area contributed by atoms with Crippen molar-refractivity contribution in [2.24, 2.45) is 0 Å². The molecule has 0 radical (unpaired) electrons. The van der Waals surface area contributed by atoms with Crippen LogP contribution in [0.4, 0.5) is 4.79 Å². The van der Waals surface area contributed by atoms with Crippen LogP contribution in [0.15, 0.2) is 30.3 Å². The summed E-state index contributed by atoms with van der Waals surface area (Å²) in [4.78, 5) is 17.4. The highest BCUT2D eigenvalue weighted by Gasteiger charge is 2.14. The Kier molecular flexibility index (Phi) is 7.73. The van der Waals surface area contributed by atoms with Crippen LogP contribution in [-0.4, -0.2) is 24.2 Å². The summed E-state index contributed by atoms with van der Waals surface area (Å²) in [6.45, 7) is 4.64. The van der Waals surface area contributed by atoms with E-state index in [4.69, 9.17) is 4.84 Å². The molecule has 1 aromatic carbocycles. The molecule has 1 N–H and O–H groups in total. The highest BCUT2D eigenvalue weighted by atomic mass is 16.7. The number of hydroxylamine groups is 2. The van der Waals surface area contributed by atoms with Crippen LogP contribution in [0, 0.1) is 0 Å². The fourth-order valence-electron chi connectivity index (χ4n) is 1.90. The summed E-state index contributed by atoms with van der Waals surface area (Å²) in [5.74, 6) is 0. The van der Waals surface area contributed by atoms with Gasteiger partial charge < -0.3 is 5.32 Å². The average Bonchev–Trinajstić information content (AvgIpc) is 2.49. The van der Waals surface area contributed by atoms with Crippen molar-refractivity contribution in [3.63, 3.8) is 0 Å². The van der Waals surface area contributed by atoms with Crippen LogP contribution in [-0.2, 0) is 11.4 Å². The molecule has 0 bridgehead atoms. The SMILES string of the molecule is CCCCC(CC)NC(=O)N(C)OCc1ccccc1. The van der Waals surface area contributed by atoms with Crippen LogP contribution >= 0.6 is 0 Å². The van der Waals surface area contributed by atoms with Crippen molar-refractivity contribution < 1.29 is 9.63 Å². The smallest absolute Gasteiger partial charge is 0.333 e. The van der Waals surface area contributed by atoms with Crippen molar-refractivity contribution in [1.82, 2.24) is 10.4 Å². The minimum atomic E-state index is -0.177. The zero-order chi connectivity index (χ0) is 14.8. The number of carbonyl (C=O) groups is 1. The first-order valence-electron chi connectivity index (χ1n) is 7.38. The van der Waals surface area contributed by atoms with Gasteiger partial charge in [0.15, 0.2) is 0 Å². The predicted molar refractivity (Wildman–Crippen MR) is 81.1 cm³/mol. The molecule has 0 spiro atoms. The van der Waals surface area contributed by atoms with E-state index in [1.165, 1.54) is 5.06 Å². The molecular weight excluding hydrogens is 252 g/mol. The molecule has 0 heterocycles. The van der Waals surface area contributed by atoms with Gasteiger partial charge in [-0.05, 0) is 18.4 Å². The zero-order valence-electron chi connectivity index (χ0n) is 12.8. The van der Waals surface area contributed by atoms with E-state index in [0.29, 0.717) is 6.61 Å². The lowest BCUT2D eigenvalue weighted by Gasteiger charge is -2.22. The van der Waals surface area contributed by atoms with Gasteiger partial charge in [0.1, 0.15) is 6.61 Å². The van der Waals surface area contributed by atoms with E-state index in [2.05, 4.69) is 19.2 Å². The Hall–Kier alpha value is -1.55. The van der Waals surface area contributed by atoms with Gasteiger partial charge in [0.25, 0.3) is 0 Å². The van der Waals surface area contributed by atoms with E-state index in [-0.39, 0.29) is 12.1 Å². The second kappa shape index (κ2) is 9.37. The Labute approximate surface area is 122 Å². The van der Waals surface area contributed by atoms with E-state index in [0.717, 1.165) is 31.2 Å². The largest absolute Gasteiger partial charge is 0.341 e. The van der Waals surface area contributed by atoms with Gasteiger partial charge in [-0.1, -0.05) is 57.0 Å². The number of benzene rings is 1. The molecule has 0 aliphatic carbocycles. The average molecular weight is 278 g/mol. The van der Waals surface area contributed by atoms with Gasteiger partial charge in [-0.25, -0.2) is 9.86 Å². The van der Waals surface area contributed by atoms with Crippen LogP contribution in [0.2, 0.25) is 0 Å². The molecule has 4 nitrogen and oxygen atoms in total. The maximum Gasteiger partial charge on any atom is 0.341 e. The first-order chi connectivity index (χ1) is 9.67. The fourth-order valence-corrected chi connectivity index (χ4v) is 1.90. The van der Waals surface area contributed by atoms with Gasteiger partial charge in [0, 0.05) is 13.1 Å². The summed E-state index contributed by atoms with van der Waals surface area (Å²) in [5, 5.41) is 4.28.